The van der Waals surface area contributed by atoms with Crippen molar-refractivity contribution in [3.05, 3.63) is 34.9 Å². The fourth-order valence-electron chi connectivity index (χ4n) is 1.88. The molecule has 1 aromatic rings. The van der Waals surface area contributed by atoms with Gasteiger partial charge in [-0.1, -0.05) is 34.1 Å². The van der Waals surface area contributed by atoms with Crippen molar-refractivity contribution < 1.29 is 18.0 Å². The molecule has 0 unspecified atom stereocenters. The number of hydrogen-bond donors (Lipinski definition) is 0. The molecule has 106 valence electrons. The molecule has 0 saturated carbocycles. The van der Waals surface area contributed by atoms with Crippen molar-refractivity contribution >= 4 is 21.8 Å². The third-order valence-electron chi connectivity index (χ3n) is 2.71. The van der Waals surface area contributed by atoms with E-state index in [0.29, 0.717) is 22.0 Å². The zero-order valence-corrected chi connectivity index (χ0v) is 12.3. The van der Waals surface area contributed by atoms with Gasteiger partial charge in [0.1, 0.15) is 6.54 Å². The summed E-state index contributed by atoms with van der Waals surface area (Å²) in [4.78, 5) is 13.1. The number of nitrogens with zero attached hydrogens (tertiary/aromatic N) is 1. The molecule has 1 aromatic carbocycles. The normalized spacial score (nSPS) is 11.5. The number of alkyl halides is 4. The van der Waals surface area contributed by atoms with E-state index in [1.54, 1.807) is 32.0 Å². The molecule has 6 heteroatoms. The van der Waals surface area contributed by atoms with Crippen molar-refractivity contribution in [1.29, 1.82) is 0 Å². The molecule has 0 heterocycles. The maximum absolute atomic E-state index is 12.5. The van der Waals surface area contributed by atoms with Crippen LogP contribution < -0.4 is 0 Å². The Balaban J connectivity index is 3.06. The second-order valence-corrected chi connectivity index (χ2v) is 5.09. The third kappa shape index (κ3) is 4.53. The lowest BCUT2D eigenvalue weighted by Crippen LogP contribution is -2.40. The summed E-state index contributed by atoms with van der Waals surface area (Å²) >= 11 is 3.07. The largest absolute Gasteiger partial charge is 0.406 e. The fraction of sp³-hybridized carbons (Fsp3) is 0.462. The maximum atomic E-state index is 12.5. The summed E-state index contributed by atoms with van der Waals surface area (Å²) in [5.74, 6) is -0.577. The van der Waals surface area contributed by atoms with Crippen LogP contribution in [0.2, 0.25) is 0 Å². The SMILES string of the molecule is Cc1cccc(C)c1C(=O)N(CCBr)CC(F)(F)F. The third-order valence-corrected chi connectivity index (χ3v) is 3.06. The number of amides is 1. The molecule has 2 nitrogen and oxygen atoms in total. The second kappa shape index (κ2) is 6.41. The van der Waals surface area contributed by atoms with Gasteiger partial charge in [-0.25, -0.2) is 0 Å². The van der Waals surface area contributed by atoms with E-state index in [9.17, 15) is 18.0 Å². The molecule has 1 rings (SSSR count). The van der Waals surface area contributed by atoms with E-state index < -0.39 is 18.6 Å². The number of aryl methyl sites for hydroxylation is 2. The number of halogens is 4. The summed E-state index contributed by atoms with van der Waals surface area (Å²) in [6.07, 6.45) is -4.39. The number of rotatable bonds is 4. The number of carbonyl (C=O) groups excluding carboxylic acids is 1. The summed E-state index contributed by atoms with van der Waals surface area (Å²) in [6.45, 7) is 2.23. The molecule has 0 saturated heterocycles. The van der Waals surface area contributed by atoms with Crippen molar-refractivity contribution in [2.24, 2.45) is 0 Å². The standard InChI is InChI=1S/C13H15BrF3NO/c1-9-4-3-5-10(2)11(9)12(19)18(7-6-14)8-13(15,16)17/h3-5H,6-8H2,1-2H3. The van der Waals surface area contributed by atoms with Gasteiger partial charge in [0.2, 0.25) is 0 Å². The van der Waals surface area contributed by atoms with Gasteiger partial charge in [-0.3, -0.25) is 4.79 Å². The first-order valence-electron chi connectivity index (χ1n) is 5.74. The molecule has 0 aliphatic heterocycles. The van der Waals surface area contributed by atoms with Crippen LogP contribution in [0.25, 0.3) is 0 Å². The Morgan fingerprint density at radius 2 is 1.79 bits per heavy atom. The van der Waals surface area contributed by atoms with Crippen LogP contribution in [0.15, 0.2) is 18.2 Å². The summed E-state index contributed by atoms with van der Waals surface area (Å²) in [7, 11) is 0. The highest BCUT2D eigenvalue weighted by Crippen LogP contribution is 2.21. The zero-order chi connectivity index (χ0) is 14.6. The van der Waals surface area contributed by atoms with Crippen molar-refractivity contribution in [3.63, 3.8) is 0 Å². The minimum atomic E-state index is -4.39. The Labute approximate surface area is 118 Å². The Morgan fingerprint density at radius 1 is 1.26 bits per heavy atom. The number of benzene rings is 1. The van der Waals surface area contributed by atoms with E-state index in [-0.39, 0.29) is 6.54 Å². The topological polar surface area (TPSA) is 20.3 Å². The molecule has 0 bridgehead atoms. The fourth-order valence-corrected chi connectivity index (χ4v) is 2.31. The van der Waals surface area contributed by atoms with Gasteiger partial charge in [0.25, 0.3) is 5.91 Å². The van der Waals surface area contributed by atoms with Crippen LogP contribution in [0.4, 0.5) is 13.2 Å². The summed E-state index contributed by atoms with van der Waals surface area (Å²) in [5.41, 5.74) is 1.73. The first kappa shape index (κ1) is 16.0. The average Bonchev–Trinajstić information content (AvgIpc) is 2.26. The van der Waals surface area contributed by atoms with E-state index in [2.05, 4.69) is 15.9 Å². The highest BCUT2D eigenvalue weighted by molar-refractivity contribution is 9.09. The van der Waals surface area contributed by atoms with Gasteiger partial charge >= 0.3 is 6.18 Å². The van der Waals surface area contributed by atoms with Crippen molar-refractivity contribution in [2.45, 2.75) is 20.0 Å². The number of hydrogen-bond acceptors (Lipinski definition) is 1. The quantitative estimate of drug-likeness (QED) is 0.767. The van der Waals surface area contributed by atoms with E-state index in [1.807, 2.05) is 0 Å². The summed E-state index contributed by atoms with van der Waals surface area (Å²) in [6, 6.07) is 5.22. The molecule has 0 aromatic heterocycles. The Hall–Kier alpha value is -1.04. The molecule has 19 heavy (non-hydrogen) atoms. The van der Waals surface area contributed by atoms with Crippen LogP contribution in [0, 0.1) is 13.8 Å². The highest BCUT2D eigenvalue weighted by atomic mass is 79.9. The van der Waals surface area contributed by atoms with Gasteiger partial charge in [-0.05, 0) is 25.0 Å². The van der Waals surface area contributed by atoms with Crippen molar-refractivity contribution in [3.8, 4) is 0 Å². The van der Waals surface area contributed by atoms with Gasteiger partial charge in [-0.2, -0.15) is 13.2 Å². The van der Waals surface area contributed by atoms with Crippen LogP contribution >= 0.6 is 15.9 Å². The van der Waals surface area contributed by atoms with Crippen LogP contribution in [-0.2, 0) is 0 Å². The maximum Gasteiger partial charge on any atom is 0.406 e. The van der Waals surface area contributed by atoms with E-state index >= 15 is 0 Å². The predicted molar refractivity (Wildman–Crippen MR) is 71.7 cm³/mol. The van der Waals surface area contributed by atoms with Crippen molar-refractivity contribution in [1.82, 2.24) is 4.90 Å². The molecular formula is C13H15BrF3NO. The van der Waals surface area contributed by atoms with E-state index in [4.69, 9.17) is 0 Å². The zero-order valence-electron chi connectivity index (χ0n) is 10.7. The molecule has 0 aliphatic rings. The Bertz CT molecular complexity index is 439. The Kier molecular flexibility index (Phi) is 5.40. The van der Waals surface area contributed by atoms with Gasteiger partial charge in [-0.15, -0.1) is 0 Å². The lowest BCUT2D eigenvalue weighted by atomic mass is 10.0. The minimum absolute atomic E-state index is 0.0200. The Morgan fingerprint density at radius 3 is 2.21 bits per heavy atom. The minimum Gasteiger partial charge on any atom is -0.329 e. The smallest absolute Gasteiger partial charge is 0.329 e. The molecule has 0 N–H and O–H groups in total. The first-order chi connectivity index (χ1) is 8.76. The lowest BCUT2D eigenvalue weighted by molar-refractivity contribution is -0.140. The molecule has 0 fully saturated rings. The van der Waals surface area contributed by atoms with Crippen LogP contribution in [0.3, 0.4) is 0 Å². The molecular weight excluding hydrogens is 323 g/mol. The van der Waals surface area contributed by atoms with Gasteiger partial charge in [0.15, 0.2) is 0 Å². The van der Waals surface area contributed by atoms with Crippen LogP contribution in [0.1, 0.15) is 21.5 Å². The summed E-state index contributed by atoms with van der Waals surface area (Å²) < 4.78 is 37.5. The molecule has 0 aliphatic carbocycles. The van der Waals surface area contributed by atoms with Gasteiger partial charge in [0.05, 0.1) is 0 Å². The summed E-state index contributed by atoms with van der Waals surface area (Å²) in [5, 5.41) is 0.305. The van der Waals surface area contributed by atoms with Gasteiger partial charge < -0.3 is 4.90 Å². The van der Waals surface area contributed by atoms with Crippen LogP contribution in [-0.4, -0.2) is 35.4 Å². The molecule has 0 atom stereocenters. The molecule has 0 spiro atoms. The molecule has 0 radical (unpaired) electrons. The predicted octanol–water partition coefficient (Wildman–Crippen LogP) is 3.70. The highest BCUT2D eigenvalue weighted by Gasteiger charge is 2.33. The average molecular weight is 338 g/mol. The number of carbonyl (C=O) groups is 1. The monoisotopic (exact) mass is 337 g/mol. The van der Waals surface area contributed by atoms with E-state index in [1.165, 1.54) is 0 Å². The van der Waals surface area contributed by atoms with Gasteiger partial charge in [0, 0.05) is 17.4 Å². The second-order valence-electron chi connectivity index (χ2n) is 4.30. The lowest BCUT2D eigenvalue weighted by Gasteiger charge is -2.24. The molecule has 1 amide bonds. The van der Waals surface area contributed by atoms with E-state index in [0.717, 1.165) is 4.90 Å². The van der Waals surface area contributed by atoms with Crippen molar-refractivity contribution in [2.75, 3.05) is 18.4 Å². The van der Waals surface area contributed by atoms with Crippen LogP contribution in [0.5, 0.6) is 0 Å². The first-order valence-corrected chi connectivity index (χ1v) is 6.86.